The SMILES string of the molecule is CSCCC(NC(=O)OC(C)(C)C)C(=O)N(C(C(=O)Nc1c(C)cccc1C)c1ccc(O)cc1)C1CC1C. The van der Waals surface area contributed by atoms with E-state index in [1.165, 1.54) is 12.1 Å². The number of phenolic OH excluding ortho intramolecular Hbond substituents is 1. The second-order valence-corrected chi connectivity index (χ2v) is 12.2. The van der Waals surface area contributed by atoms with Crippen LogP contribution in [0.4, 0.5) is 10.5 Å². The molecule has 0 saturated heterocycles. The molecule has 2 aromatic carbocycles. The third kappa shape index (κ3) is 8.14. The van der Waals surface area contributed by atoms with E-state index in [4.69, 9.17) is 4.74 Å². The molecule has 1 aliphatic rings. The van der Waals surface area contributed by atoms with Gasteiger partial charge in [-0.15, -0.1) is 0 Å². The third-order valence-electron chi connectivity index (χ3n) is 6.74. The fraction of sp³-hybridized carbons (Fsp3) is 0.500. The van der Waals surface area contributed by atoms with Crippen LogP contribution in [-0.2, 0) is 14.3 Å². The summed E-state index contributed by atoms with van der Waals surface area (Å²) in [6.45, 7) is 11.2. The second kappa shape index (κ2) is 12.8. The molecule has 3 amide bonds. The minimum atomic E-state index is -0.968. The summed E-state index contributed by atoms with van der Waals surface area (Å²) in [5, 5.41) is 15.8. The summed E-state index contributed by atoms with van der Waals surface area (Å²) in [7, 11) is 0. The number of rotatable bonds is 10. The summed E-state index contributed by atoms with van der Waals surface area (Å²) in [5.41, 5.74) is 2.38. The van der Waals surface area contributed by atoms with E-state index in [9.17, 15) is 19.5 Å². The van der Waals surface area contributed by atoms with E-state index in [0.717, 1.165) is 17.5 Å². The first kappa shape index (κ1) is 30.3. The number of aryl methyl sites for hydroxylation is 2. The maximum atomic E-state index is 14.3. The molecule has 3 rings (SSSR count). The number of carbonyl (C=O) groups excluding carboxylic acids is 3. The average molecular weight is 556 g/mol. The number of benzene rings is 2. The van der Waals surface area contributed by atoms with Crippen molar-refractivity contribution in [1.29, 1.82) is 0 Å². The van der Waals surface area contributed by atoms with Crippen molar-refractivity contribution in [2.24, 2.45) is 5.92 Å². The highest BCUT2D eigenvalue weighted by Crippen LogP contribution is 2.41. The quantitative estimate of drug-likeness (QED) is 0.354. The molecule has 2 aromatic rings. The van der Waals surface area contributed by atoms with Gasteiger partial charge >= 0.3 is 6.09 Å². The highest BCUT2D eigenvalue weighted by molar-refractivity contribution is 7.98. The van der Waals surface area contributed by atoms with Crippen LogP contribution < -0.4 is 10.6 Å². The van der Waals surface area contributed by atoms with Crippen LogP contribution in [0, 0.1) is 19.8 Å². The van der Waals surface area contributed by atoms with Gasteiger partial charge in [0.15, 0.2) is 0 Å². The number of phenols is 1. The van der Waals surface area contributed by atoms with Gasteiger partial charge in [0.25, 0.3) is 5.91 Å². The first-order valence-corrected chi connectivity index (χ1v) is 14.7. The smallest absolute Gasteiger partial charge is 0.408 e. The molecule has 1 aliphatic carbocycles. The van der Waals surface area contributed by atoms with E-state index in [1.807, 2.05) is 45.2 Å². The molecule has 0 spiro atoms. The predicted molar refractivity (Wildman–Crippen MR) is 156 cm³/mol. The molecular formula is C30H41N3O5S. The molecule has 1 fully saturated rings. The molecule has 8 nitrogen and oxygen atoms in total. The van der Waals surface area contributed by atoms with Crippen LogP contribution in [0.3, 0.4) is 0 Å². The Kier molecular flexibility index (Phi) is 9.93. The number of hydrogen-bond acceptors (Lipinski definition) is 6. The summed E-state index contributed by atoms with van der Waals surface area (Å²) in [5.74, 6) is 0.211. The van der Waals surface area contributed by atoms with Gasteiger partial charge in [0, 0.05) is 11.7 Å². The van der Waals surface area contributed by atoms with Crippen LogP contribution in [-0.4, -0.2) is 57.6 Å². The molecule has 0 aromatic heterocycles. The van der Waals surface area contributed by atoms with Crippen molar-refractivity contribution in [3.8, 4) is 5.75 Å². The van der Waals surface area contributed by atoms with Crippen LogP contribution in [0.2, 0.25) is 0 Å². The number of hydrogen-bond donors (Lipinski definition) is 3. The molecule has 0 aliphatic heterocycles. The lowest BCUT2D eigenvalue weighted by molar-refractivity contribution is -0.141. The van der Waals surface area contributed by atoms with Crippen molar-refractivity contribution in [3.05, 3.63) is 59.2 Å². The summed E-state index contributed by atoms with van der Waals surface area (Å²) in [6, 6.07) is 10.1. The number of nitrogens with zero attached hydrogens (tertiary/aromatic N) is 1. The maximum absolute atomic E-state index is 14.3. The van der Waals surface area contributed by atoms with E-state index in [0.29, 0.717) is 23.4 Å². The summed E-state index contributed by atoms with van der Waals surface area (Å²) in [6.07, 6.45) is 2.40. The molecule has 4 unspecified atom stereocenters. The Morgan fingerprint density at radius 3 is 2.21 bits per heavy atom. The van der Waals surface area contributed by atoms with E-state index in [2.05, 4.69) is 10.6 Å². The Morgan fingerprint density at radius 1 is 1.10 bits per heavy atom. The van der Waals surface area contributed by atoms with Crippen molar-refractivity contribution >= 4 is 35.4 Å². The van der Waals surface area contributed by atoms with Gasteiger partial charge in [-0.1, -0.05) is 37.3 Å². The molecular weight excluding hydrogens is 514 g/mol. The van der Waals surface area contributed by atoms with Crippen molar-refractivity contribution < 1.29 is 24.2 Å². The highest BCUT2D eigenvalue weighted by atomic mass is 32.2. The minimum absolute atomic E-state index is 0.0646. The zero-order chi connectivity index (χ0) is 28.9. The first-order valence-electron chi connectivity index (χ1n) is 13.3. The maximum Gasteiger partial charge on any atom is 0.408 e. The number of nitrogens with one attached hydrogen (secondary N) is 2. The monoisotopic (exact) mass is 555 g/mol. The van der Waals surface area contributed by atoms with Gasteiger partial charge in [0.2, 0.25) is 5.91 Å². The Hall–Kier alpha value is -3.20. The first-order chi connectivity index (χ1) is 18.3. The standard InChI is InChI=1S/C30H41N3O5S/c1-18-9-8-10-19(2)25(18)32-27(35)26(21-11-13-22(34)14-12-21)33(24-17-20(24)3)28(36)23(15-16-39-7)31-29(37)38-30(4,5)6/h8-14,20,23-24,26,34H,15-17H2,1-7H3,(H,31,37)(H,32,35). The van der Waals surface area contributed by atoms with Crippen molar-refractivity contribution in [2.75, 3.05) is 17.3 Å². The van der Waals surface area contributed by atoms with Crippen LogP contribution in [0.15, 0.2) is 42.5 Å². The van der Waals surface area contributed by atoms with Crippen LogP contribution in [0.1, 0.15) is 63.3 Å². The Balaban J connectivity index is 2.03. The molecule has 0 bridgehead atoms. The number of anilines is 1. The van der Waals surface area contributed by atoms with Gasteiger partial charge in [-0.05, 0) is 94.2 Å². The summed E-state index contributed by atoms with van der Waals surface area (Å²) < 4.78 is 5.45. The number of thioether (sulfide) groups is 1. The van der Waals surface area contributed by atoms with Crippen LogP contribution >= 0.6 is 11.8 Å². The number of carbonyl (C=O) groups is 3. The largest absolute Gasteiger partial charge is 0.508 e. The summed E-state index contributed by atoms with van der Waals surface area (Å²) in [4.78, 5) is 42.7. The lowest BCUT2D eigenvalue weighted by atomic mass is 10.0. The van der Waals surface area contributed by atoms with Gasteiger partial charge in [-0.3, -0.25) is 9.59 Å². The fourth-order valence-electron chi connectivity index (χ4n) is 4.59. The molecule has 0 heterocycles. The number of amides is 3. The Morgan fingerprint density at radius 2 is 1.69 bits per heavy atom. The molecule has 3 N–H and O–H groups in total. The lowest BCUT2D eigenvalue weighted by Gasteiger charge is -2.35. The molecule has 1 saturated carbocycles. The molecule has 39 heavy (non-hydrogen) atoms. The van der Waals surface area contributed by atoms with Gasteiger partial charge in [-0.25, -0.2) is 4.79 Å². The number of ether oxygens (including phenoxy) is 1. The molecule has 4 atom stereocenters. The van der Waals surface area contributed by atoms with Gasteiger partial charge in [-0.2, -0.15) is 11.8 Å². The Labute approximate surface area is 235 Å². The summed E-state index contributed by atoms with van der Waals surface area (Å²) >= 11 is 1.57. The minimum Gasteiger partial charge on any atom is -0.508 e. The number of para-hydroxylation sites is 1. The zero-order valence-electron chi connectivity index (χ0n) is 23.9. The number of alkyl carbamates (subject to hydrolysis) is 1. The van der Waals surface area contributed by atoms with E-state index >= 15 is 0 Å². The predicted octanol–water partition coefficient (Wildman–Crippen LogP) is 5.57. The van der Waals surface area contributed by atoms with Gasteiger partial charge < -0.3 is 25.4 Å². The third-order valence-corrected chi connectivity index (χ3v) is 7.39. The van der Waals surface area contributed by atoms with Crippen molar-refractivity contribution in [2.45, 2.75) is 78.1 Å². The van der Waals surface area contributed by atoms with E-state index in [-0.39, 0.29) is 29.5 Å². The van der Waals surface area contributed by atoms with Crippen LogP contribution in [0.5, 0.6) is 5.75 Å². The Bertz CT molecular complexity index is 1160. The topological polar surface area (TPSA) is 108 Å². The molecule has 9 heteroatoms. The van der Waals surface area contributed by atoms with Gasteiger partial charge in [0.05, 0.1) is 0 Å². The molecule has 0 radical (unpaired) electrons. The van der Waals surface area contributed by atoms with Gasteiger partial charge in [0.1, 0.15) is 23.4 Å². The zero-order valence-corrected chi connectivity index (χ0v) is 24.7. The van der Waals surface area contributed by atoms with E-state index < -0.39 is 23.8 Å². The second-order valence-electron chi connectivity index (χ2n) is 11.3. The lowest BCUT2D eigenvalue weighted by Crippen LogP contribution is -2.53. The van der Waals surface area contributed by atoms with Crippen molar-refractivity contribution in [3.63, 3.8) is 0 Å². The number of aromatic hydroxyl groups is 1. The molecule has 212 valence electrons. The fourth-order valence-corrected chi connectivity index (χ4v) is 5.06. The average Bonchev–Trinajstić information content (AvgIpc) is 3.57. The van der Waals surface area contributed by atoms with Crippen molar-refractivity contribution in [1.82, 2.24) is 10.2 Å². The normalized spacial score (nSPS) is 18.0. The van der Waals surface area contributed by atoms with E-state index in [1.54, 1.807) is 49.6 Å². The highest BCUT2D eigenvalue weighted by Gasteiger charge is 2.48. The van der Waals surface area contributed by atoms with Crippen LogP contribution in [0.25, 0.3) is 0 Å².